The molecule has 0 fully saturated rings. The number of hydrogen-bond acceptors (Lipinski definition) is 7. The topological polar surface area (TPSA) is 115 Å². The molecule has 0 saturated heterocycles. The summed E-state index contributed by atoms with van der Waals surface area (Å²) in [6, 6.07) is 15.3. The Hall–Kier alpha value is -4.12. The number of para-hydroxylation sites is 1. The third-order valence-electron chi connectivity index (χ3n) is 5.22. The summed E-state index contributed by atoms with van der Waals surface area (Å²) in [7, 11) is 1.59. The number of nitrogens with one attached hydrogen (secondary N) is 1. The van der Waals surface area contributed by atoms with Crippen LogP contribution in [0.2, 0.25) is 0 Å². The molecule has 32 heavy (non-hydrogen) atoms. The Morgan fingerprint density at radius 3 is 2.62 bits per heavy atom. The van der Waals surface area contributed by atoms with Gasteiger partial charge in [0.05, 0.1) is 37.5 Å². The lowest BCUT2D eigenvalue weighted by molar-refractivity contribution is 0.324. The molecule has 0 unspecified atom stereocenters. The molecular formula is C24H24N4O4. The van der Waals surface area contributed by atoms with Gasteiger partial charge >= 0.3 is 0 Å². The zero-order valence-corrected chi connectivity index (χ0v) is 18.1. The minimum atomic E-state index is -0.533. The molecule has 0 aliphatic carbocycles. The predicted octanol–water partition coefficient (Wildman–Crippen LogP) is 4.10. The van der Waals surface area contributed by atoms with Crippen molar-refractivity contribution in [3.8, 4) is 40.5 Å². The van der Waals surface area contributed by atoms with Gasteiger partial charge in [0.1, 0.15) is 28.9 Å². The van der Waals surface area contributed by atoms with Crippen molar-refractivity contribution in [1.29, 1.82) is 5.26 Å². The molecule has 0 spiro atoms. The molecule has 1 atom stereocenters. The Labute approximate surface area is 186 Å². The Balaban J connectivity index is 1.94. The number of nitrogens with two attached hydrogens (primary N) is 1. The van der Waals surface area contributed by atoms with Crippen molar-refractivity contribution in [1.82, 2.24) is 10.2 Å². The van der Waals surface area contributed by atoms with Crippen LogP contribution < -0.4 is 24.7 Å². The van der Waals surface area contributed by atoms with E-state index in [1.165, 1.54) is 0 Å². The second-order valence-corrected chi connectivity index (χ2v) is 7.01. The first-order valence-corrected chi connectivity index (χ1v) is 10.3. The molecule has 0 amide bonds. The van der Waals surface area contributed by atoms with E-state index in [0.29, 0.717) is 47.6 Å². The van der Waals surface area contributed by atoms with Crippen LogP contribution in [0.15, 0.2) is 53.9 Å². The normalized spacial score (nSPS) is 14.9. The van der Waals surface area contributed by atoms with Crippen molar-refractivity contribution in [2.45, 2.75) is 19.8 Å². The molecule has 164 valence electrons. The van der Waals surface area contributed by atoms with Gasteiger partial charge in [-0.1, -0.05) is 18.2 Å². The van der Waals surface area contributed by atoms with Crippen LogP contribution in [-0.4, -0.2) is 30.5 Å². The molecule has 1 aliphatic rings. The second kappa shape index (κ2) is 8.94. The molecular weight excluding hydrogens is 408 g/mol. The molecule has 0 radical (unpaired) electrons. The van der Waals surface area contributed by atoms with E-state index in [2.05, 4.69) is 16.3 Å². The lowest BCUT2D eigenvalue weighted by atomic mass is 9.82. The van der Waals surface area contributed by atoms with Crippen LogP contribution in [0, 0.1) is 11.3 Å². The standard InChI is InChI=1S/C24H24N4O4/c1-4-30-14-10-11-16(19(12-14)31-5-2)22-21-20(15-8-6-7-9-18(15)29-3)17(13-25)23(26)32-24(21)28-27-22/h6-12,20H,4-5,26H2,1-3H3,(H,27,28)/t20-/m0/s1. The van der Waals surface area contributed by atoms with Gasteiger partial charge in [-0.2, -0.15) is 5.26 Å². The molecule has 1 aliphatic heterocycles. The van der Waals surface area contributed by atoms with Crippen LogP contribution in [0.1, 0.15) is 30.9 Å². The number of methoxy groups -OCH3 is 1. The SMILES string of the molecule is CCOc1ccc(-c2[nH]nc3c2[C@@H](c2ccccc2OC)C(C#N)=C(N)O3)c(OCC)c1. The smallest absolute Gasteiger partial charge is 0.244 e. The van der Waals surface area contributed by atoms with E-state index in [4.69, 9.17) is 24.7 Å². The summed E-state index contributed by atoms with van der Waals surface area (Å²) < 4.78 is 22.8. The van der Waals surface area contributed by atoms with Gasteiger partial charge in [0.15, 0.2) is 0 Å². The van der Waals surface area contributed by atoms with E-state index in [1.54, 1.807) is 7.11 Å². The van der Waals surface area contributed by atoms with Crippen LogP contribution >= 0.6 is 0 Å². The first-order chi connectivity index (χ1) is 15.6. The summed E-state index contributed by atoms with van der Waals surface area (Å²) in [5, 5.41) is 17.3. The van der Waals surface area contributed by atoms with E-state index in [1.807, 2.05) is 56.3 Å². The average molecular weight is 432 g/mol. The van der Waals surface area contributed by atoms with Gasteiger partial charge in [-0.05, 0) is 32.0 Å². The van der Waals surface area contributed by atoms with Gasteiger partial charge in [0.25, 0.3) is 0 Å². The number of rotatable bonds is 7. The highest BCUT2D eigenvalue weighted by atomic mass is 16.5. The quantitative estimate of drug-likeness (QED) is 0.577. The highest BCUT2D eigenvalue weighted by molar-refractivity contribution is 5.76. The lowest BCUT2D eigenvalue weighted by Crippen LogP contribution is -2.21. The molecule has 3 aromatic rings. The molecule has 2 aromatic carbocycles. The van der Waals surface area contributed by atoms with Crippen molar-refractivity contribution < 1.29 is 18.9 Å². The van der Waals surface area contributed by atoms with Gasteiger partial charge < -0.3 is 24.7 Å². The fourth-order valence-electron chi connectivity index (χ4n) is 3.91. The van der Waals surface area contributed by atoms with Gasteiger partial charge in [-0.25, -0.2) is 0 Å². The number of H-pyrrole nitrogens is 1. The van der Waals surface area contributed by atoms with Gasteiger partial charge in [-0.3, -0.25) is 5.10 Å². The van der Waals surface area contributed by atoms with E-state index in [-0.39, 0.29) is 11.5 Å². The Bertz CT molecular complexity index is 1210. The summed E-state index contributed by atoms with van der Waals surface area (Å²) in [5.74, 6) is 1.76. The summed E-state index contributed by atoms with van der Waals surface area (Å²) in [5.41, 5.74) is 9.29. The molecule has 3 N–H and O–H groups in total. The molecule has 4 rings (SSSR count). The number of aromatic nitrogens is 2. The zero-order valence-electron chi connectivity index (χ0n) is 18.1. The number of nitriles is 1. The molecule has 0 saturated carbocycles. The first kappa shape index (κ1) is 21.1. The van der Waals surface area contributed by atoms with Crippen molar-refractivity contribution in [3.63, 3.8) is 0 Å². The van der Waals surface area contributed by atoms with E-state index >= 15 is 0 Å². The summed E-state index contributed by atoms with van der Waals surface area (Å²) in [4.78, 5) is 0. The molecule has 8 nitrogen and oxygen atoms in total. The zero-order chi connectivity index (χ0) is 22.7. The number of aromatic amines is 1. The number of allylic oxidation sites excluding steroid dienone is 1. The van der Waals surface area contributed by atoms with Gasteiger partial charge in [0, 0.05) is 17.2 Å². The highest BCUT2D eigenvalue weighted by Gasteiger charge is 2.37. The van der Waals surface area contributed by atoms with Crippen LogP contribution in [-0.2, 0) is 0 Å². The van der Waals surface area contributed by atoms with Crippen LogP contribution in [0.5, 0.6) is 23.1 Å². The number of benzene rings is 2. The third kappa shape index (κ3) is 3.58. The van der Waals surface area contributed by atoms with Crippen molar-refractivity contribution >= 4 is 0 Å². The Kier molecular flexibility index (Phi) is 5.90. The van der Waals surface area contributed by atoms with E-state index in [0.717, 1.165) is 11.1 Å². The fourth-order valence-corrected chi connectivity index (χ4v) is 3.91. The minimum Gasteiger partial charge on any atom is -0.496 e. The maximum absolute atomic E-state index is 9.94. The largest absolute Gasteiger partial charge is 0.496 e. The van der Waals surface area contributed by atoms with Crippen LogP contribution in [0.3, 0.4) is 0 Å². The van der Waals surface area contributed by atoms with Gasteiger partial charge in [0.2, 0.25) is 11.8 Å². The van der Waals surface area contributed by atoms with Crippen molar-refractivity contribution in [3.05, 3.63) is 65.0 Å². The lowest BCUT2D eigenvalue weighted by Gasteiger charge is -2.25. The maximum atomic E-state index is 9.94. The highest BCUT2D eigenvalue weighted by Crippen LogP contribution is 2.49. The molecule has 8 heteroatoms. The number of nitrogens with zero attached hydrogens (tertiary/aromatic N) is 2. The molecule has 0 bridgehead atoms. The monoisotopic (exact) mass is 432 g/mol. The van der Waals surface area contributed by atoms with Crippen LogP contribution in [0.25, 0.3) is 11.3 Å². The summed E-state index contributed by atoms with van der Waals surface area (Å²) in [6.45, 7) is 4.86. The fraction of sp³-hybridized carbons (Fsp3) is 0.250. The number of hydrogen-bond donors (Lipinski definition) is 2. The maximum Gasteiger partial charge on any atom is 0.244 e. The predicted molar refractivity (Wildman–Crippen MR) is 119 cm³/mol. The van der Waals surface area contributed by atoms with Crippen LogP contribution in [0.4, 0.5) is 0 Å². The number of ether oxygens (including phenoxy) is 4. The first-order valence-electron chi connectivity index (χ1n) is 10.3. The molecule has 1 aromatic heterocycles. The van der Waals surface area contributed by atoms with Crippen molar-refractivity contribution in [2.75, 3.05) is 20.3 Å². The molecule has 2 heterocycles. The van der Waals surface area contributed by atoms with Crippen molar-refractivity contribution in [2.24, 2.45) is 5.73 Å². The average Bonchev–Trinajstić information content (AvgIpc) is 3.22. The summed E-state index contributed by atoms with van der Waals surface area (Å²) >= 11 is 0. The minimum absolute atomic E-state index is 0.0191. The Morgan fingerprint density at radius 2 is 1.91 bits per heavy atom. The van der Waals surface area contributed by atoms with Gasteiger partial charge in [-0.15, -0.1) is 5.10 Å². The second-order valence-electron chi connectivity index (χ2n) is 7.01. The summed E-state index contributed by atoms with van der Waals surface area (Å²) in [6.07, 6.45) is 0. The van der Waals surface area contributed by atoms with E-state index < -0.39 is 5.92 Å². The van der Waals surface area contributed by atoms with E-state index in [9.17, 15) is 5.26 Å². The number of fused-ring (bicyclic) bond motifs is 1. The third-order valence-corrected chi connectivity index (χ3v) is 5.22. The Morgan fingerprint density at radius 1 is 1.12 bits per heavy atom.